The summed E-state index contributed by atoms with van der Waals surface area (Å²) in [7, 11) is 1.53. The van der Waals surface area contributed by atoms with E-state index in [1.807, 2.05) is 13.8 Å². The van der Waals surface area contributed by atoms with Gasteiger partial charge in [-0.3, -0.25) is 0 Å². The SMILES string of the molecule is COCO[C@@H](C[C@@H]1OC(C)(C)OC[C@H]1N)[C@H](N)CO.O=C(O)C(F)(F)F.O=C(O)C(F)(F)F. The second-order valence-electron chi connectivity index (χ2n) is 6.83. The number of nitrogens with two attached hydrogens (primary N) is 2. The summed E-state index contributed by atoms with van der Waals surface area (Å²) in [5.74, 6) is -6.18. The molecule has 0 amide bonds. The fourth-order valence-corrected chi connectivity index (χ4v) is 1.98. The maximum absolute atomic E-state index is 10.6. The highest BCUT2D eigenvalue weighted by Crippen LogP contribution is 2.25. The summed E-state index contributed by atoms with van der Waals surface area (Å²) in [5.41, 5.74) is 11.8. The highest BCUT2D eigenvalue weighted by Gasteiger charge is 2.39. The molecule has 1 aliphatic heterocycles. The third-order valence-electron chi connectivity index (χ3n) is 3.57. The fourth-order valence-electron chi connectivity index (χ4n) is 1.98. The van der Waals surface area contributed by atoms with E-state index in [0.717, 1.165) is 0 Å². The second kappa shape index (κ2) is 14.5. The van der Waals surface area contributed by atoms with Gasteiger partial charge in [0.05, 0.1) is 37.5 Å². The van der Waals surface area contributed by atoms with Crippen LogP contribution in [0.25, 0.3) is 0 Å². The van der Waals surface area contributed by atoms with Crippen LogP contribution in [0.15, 0.2) is 0 Å². The minimum atomic E-state index is -5.08. The molecular weight excluding hydrogens is 478 g/mol. The van der Waals surface area contributed by atoms with Crippen molar-refractivity contribution in [2.45, 2.75) is 62.7 Å². The van der Waals surface area contributed by atoms with Crippen molar-refractivity contribution in [3.63, 3.8) is 0 Å². The molecule has 33 heavy (non-hydrogen) atoms. The normalized spacial score (nSPS) is 22.1. The van der Waals surface area contributed by atoms with Crippen molar-refractivity contribution in [2.75, 3.05) is 27.1 Å². The lowest BCUT2D eigenvalue weighted by atomic mass is 9.99. The van der Waals surface area contributed by atoms with Crippen LogP contribution >= 0.6 is 0 Å². The van der Waals surface area contributed by atoms with Crippen molar-refractivity contribution in [3.8, 4) is 0 Å². The van der Waals surface area contributed by atoms with Crippen molar-refractivity contribution < 1.29 is 70.2 Å². The van der Waals surface area contributed by atoms with Crippen LogP contribution in [0.4, 0.5) is 26.3 Å². The third-order valence-corrected chi connectivity index (χ3v) is 3.57. The van der Waals surface area contributed by atoms with E-state index in [0.29, 0.717) is 13.0 Å². The average Bonchev–Trinajstić information content (AvgIpc) is 2.66. The molecule has 1 rings (SSSR count). The van der Waals surface area contributed by atoms with Gasteiger partial charge in [-0.1, -0.05) is 0 Å². The van der Waals surface area contributed by atoms with E-state index < -0.39 is 36.1 Å². The van der Waals surface area contributed by atoms with E-state index in [1.165, 1.54) is 7.11 Å². The zero-order valence-corrected chi connectivity index (χ0v) is 17.9. The molecule has 198 valence electrons. The molecule has 0 unspecified atom stereocenters. The number of aliphatic hydroxyl groups excluding tert-OH is 1. The Morgan fingerprint density at radius 3 is 1.88 bits per heavy atom. The first-order chi connectivity index (χ1) is 14.8. The molecule has 4 atom stereocenters. The van der Waals surface area contributed by atoms with Crippen LogP contribution in [0.2, 0.25) is 0 Å². The summed E-state index contributed by atoms with van der Waals surface area (Å²) in [6.07, 6.45) is -10.3. The molecule has 17 heteroatoms. The zero-order chi connectivity index (χ0) is 26.6. The first kappa shape index (κ1) is 33.4. The Hall–Kier alpha value is -1.76. The summed E-state index contributed by atoms with van der Waals surface area (Å²) in [6.45, 7) is 4.03. The summed E-state index contributed by atoms with van der Waals surface area (Å²) in [6, 6.07) is -0.746. The molecule has 0 aromatic carbocycles. The molecule has 0 aliphatic carbocycles. The van der Waals surface area contributed by atoms with E-state index in [2.05, 4.69) is 0 Å². The number of hydrogen-bond donors (Lipinski definition) is 5. The molecule has 0 bridgehead atoms. The van der Waals surface area contributed by atoms with Gasteiger partial charge in [0.1, 0.15) is 6.79 Å². The topological polar surface area (TPSA) is 184 Å². The number of alkyl halides is 6. The average molecular weight is 506 g/mol. The standard InChI is InChI=1S/C12H26N2O5.2C2HF3O2/c1-12(2)18-6-9(14)11(19-12)4-10(8(13)5-15)17-7-16-3;2*3-2(4,5)1(6)7/h8-11,15H,4-7,13-14H2,1-3H3;2*(H,6,7)/t8-,9-,10+,11+;;/m1../s1. The number of carboxylic acid groups (broad SMARTS) is 2. The summed E-state index contributed by atoms with van der Waals surface area (Å²) < 4.78 is 85.1. The molecule has 1 aliphatic rings. The maximum Gasteiger partial charge on any atom is 0.490 e. The summed E-state index contributed by atoms with van der Waals surface area (Å²) in [5, 5.41) is 23.4. The molecule has 0 saturated carbocycles. The number of aliphatic hydroxyl groups is 1. The van der Waals surface area contributed by atoms with Crippen molar-refractivity contribution in [1.29, 1.82) is 0 Å². The quantitative estimate of drug-likeness (QED) is 0.238. The van der Waals surface area contributed by atoms with Crippen molar-refractivity contribution >= 4 is 11.9 Å². The Morgan fingerprint density at radius 2 is 1.55 bits per heavy atom. The van der Waals surface area contributed by atoms with Crippen LogP contribution in [0.5, 0.6) is 0 Å². The van der Waals surface area contributed by atoms with Crippen LogP contribution in [-0.4, -0.2) is 96.8 Å². The first-order valence-electron chi connectivity index (χ1n) is 8.93. The number of hydrogen-bond acceptors (Lipinski definition) is 9. The lowest BCUT2D eigenvalue weighted by molar-refractivity contribution is -0.284. The molecule has 0 aromatic heterocycles. The van der Waals surface area contributed by atoms with Gasteiger partial charge in [-0.2, -0.15) is 26.3 Å². The Labute approximate surface area is 184 Å². The molecule has 1 heterocycles. The van der Waals surface area contributed by atoms with Gasteiger partial charge >= 0.3 is 24.3 Å². The monoisotopic (exact) mass is 506 g/mol. The third kappa shape index (κ3) is 15.7. The lowest BCUT2D eigenvalue weighted by Crippen LogP contribution is -2.55. The number of halogens is 6. The van der Waals surface area contributed by atoms with Crippen molar-refractivity contribution in [2.24, 2.45) is 11.5 Å². The highest BCUT2D eigenvalue weighted by atomic mass is 19.4. The molecule has 1 saturated heterocycles. The van der Waals surface area contributed by atoms with Crippen molar-refractivity contribution in [1.82, 2.24) is 0 Å². The minimum Gasteiger partial charge on any atom is -0.475 e. The lowest BCUT2D eigenvalue weighted by Gasteiger charge is -2.41. The number of ether oxygens (including phenoxy) is 4. The molecule has 1 fully saturated rings. The largest absolute Gasteiger partial charge is 0.490 e. The summed E-state index contributed by atoms with van der Waals surface area (Å²) >= 11 is 0. The van der Waals surface area contributed by atoms with E-state index >= 15 is 0 Å². The number of carboxylic acids is 2. The van der Waals surface area contributed by atoms with Crippen LogP contribution in [-0.2, 0) is 28.5 Å². The van der Waals surface area contributed by atoms with Gasteiger partial charge in [0.2, 0.25) is 0 Å². The van der Waals surface area contributed by atoms with Crippen LogP contribution in [0.3, 0.4) is 0 Å². The van der Waals surface area contributed by atoms with E-state index in [-0.39, 0.29) is 31.6 Å². The van der Waals surface area contributed by atoms with Crippen molar-refractivity contribution in [3.05, 3.63) is 0 Å². The van der Waals surface area contributed by atoms with E-state index in [4.69, 9.17) is 55.3 Å². The maximum atomic E-state index is 10.6. The molecule has 11 nitrogen and oxygen atoms in total. The van der Waals surface area contributed by atoms with Gasteiger partial charge in [0.25, 0.3) is 0 Å². The Balaban J connectivity index is 0. The van der Waals surface area contributed by atoms with E-state index in [9.17, 15) is 26.3 Å². The van der Waals surface area contributed by atoms with Gasteiger partial charge in [-0.15, -0.1) is 0 Å². The van der Waals surface area contributed by atoms with Crippen LogP contribution in [0, 0.1) is 0 Å². The predicted octanol–water partition coefficient (Wildman–Crippen LogP) is 0.431. The minimum absolute atomic E-state index is 0.111. The van der Waals surface area contributed by atoms with Crippen LogP contribution in [0.1, 0.15) is 20.3 Å². The number of aliphatic carboxylic acids is 2. The highest BCUT2D eigenvalue weighted by molar-refractivity contribution is 5.73. The molecular formula is C16H28F6N2O9. The van der Waals surface area contributed by atoms with Gasteiger partial charge in [0, 0.05) is 13.5 Å². The smallest absolute Gasteiger partial charge is 0.475 e. The second-order valence-corrected chi connectivity index (χ2v) is 6.83. The Kier molecular flexibility index (Phi) is 14.7. The molecule has 0 aromatic rings. The number of rotatable bonds is 7. The fraction of sp³-hybridized carbons (Fsp3) is 0.875. The number of methoxy groups -OCH3 is 1. The first-order valence-corrected chi connectivity index (χ1v) is 8.93. The predicted molar refractivity (Wildman–Crippen MR) is 96.7 cm³/mol. The van der Waals surface area contributed by atoms with Gasteiger partial charge in [-0.05, 0) is 13.8 Å². The Bertz CT molecular complexity index is 566. The molecule has 0 radical (unpaired) electrons. The van der Waals surface area contributed by atoms with Crippen LogP contribution < -0.4 is 11.5 Å². The zero-order valence-electron chi connectivity index (χ0n) is 17.9. The van der Waals surface area contributed by atoms with E-state index in [1.54, 1.807) is 0 Å². The number of carbonyl (C=O) groups is 2. The van der Waals surface area contributed by atoms with Gasteiger partial charge < -0.3 is 45.7 Å². The molecule has 0 spiro atoms. The summed E-state index contributed by atoms with van der Waals surface area (Å²) in [4.78, 5) is 17.8. The van der Waals surface area contributed by atoms with Gasteiger partial charge in [-0.25, -0.2) is 9.59 Å². The Morgan fingerprint density at radius 1 is 1.12 bits per heavy atom. The molecule has 7 N–H and O–H groups in total. The van der Waals surface area contributed by atoms with Gasteiger partial charge in [0.15, 0.2) is 5.79 Å².